The number of carbonyl (C=O) groups is 1. The van der Waals surface area contributed by atoms with Gasteiger partial charge in [0, 0.05) is 24.8 Å². The van der Waals surface area contributed by atoms with Gasteiger partial charge in [-0.25, -0.2) is 4.79 Å². The molecule has 1 atom stereocenters. The molecule has 1 saturated heterocycles. The SMILES string of the molecule is N#Cc1ccc(N2CCC(NC(=O)NC(c3ccccc3)C3CCC3)CC2)cc1. The molecule has 0 spiro atoms. The molecule has 1 aliphatic carbocycles. The molecule has 5 heteroatoms. The minimum absolute atomic E-state index is 0.0532. The molecule has 1 aliphatic heterocycles. The van der Waals surface area contributed by atoms with Gasteiger partial charge in [0.25, 0.3) is 0 Å². The highest BCUT2D eigenvalue weighted by molar-refractivity contribution is 5.75. The first-order valence-electron chi connectivity index (χ1n) is 10.6. The quantitative estimate of drug-likeness (QED) is 0.799. The lowest BCUT2D eigenvalue weighted by Crippen LogP contribution is -2.49. The maximum Gasteiger partial charge on any atom is 0.315 e. The predicted molar refractivity (Wildman–Crippen MR) is 115 cm³/mol. The normalized spacial score (nSPS) is 18.4. The van der Waals surface area contributed by atoms with E-state index in [2.05, 4.69) is 33.7 Å². The molecule has 4 rings (SSSR count). The fourth-order valence-corrected chi connectivity index (χ4v) is 4.30. The smallest absolute Gasteiger partial charge is 0.315 e. The summed E-state index contributed by atoms with van der Waals surface area (Å²) in [6, 6.07) is 20.4. The van der Waals surface area contributed by atoms with E-state index in [4.69, 9.17) is 5.26 Å². The van der Waals surface area contributed by atoms with Crippen LogP contribution in [-0.4, -0.2) is 25.2 Å². The van der Waals surface area contributed by atoms with Crippen LogP contribution in [-0.2, 0) is 0 Å². The molecule has 1 saturated carbocycles. The third kappa shape index (κ3) is 4.71. The summed E-state index contributed by atoms with van der Waals surface area (Å²) in [5.41, 5.74) is 3.02. The van der Waals surface area contributed by atoms with E-state index < -0.39 is 0 Å². The molecule has 2 aromatic carbocycles. The number of piperidine rings is 1. The summed E-state index contributed by atoms with van der Waals surface area (Å²) < 4.78 is 0. The van der Waals surface area contributed by atoms with Crippen LogP contribution in [0.25, 0.3) is 0 Å². The molecule has 2 amide bonds. The average molecular weight is 389 g/mol. The number of hydrogen-bond acceptors (Lipinski definition) is 3. The second-order valence-electron chi connectivity index (χ2n) is 8.12. The molecule has 150 valence electrons. The summed E-state index contributed by atoms with van der Waals surface area (Å²) >= 11 is 0. The third-order valence-electron chi connectivity index (χ3n) is 6.26. The van der Waals surface area contributed by atoms with E-state index in [1.807, 2.05) is 42.5 Å². The molecule has 0 radical (unpaired) electrons. The van der Waals surface area contributed by atoms with Gasteiger partial charge in [0.1, 0.15) is 0 Å². The molecule has 1 heterocycles. The van der Waals surface area contributed by atoms with E-state index in [0.717, 1.165) is 31.6 Å². The van der Waals surface area contributed by atoms with Crippen LogP contribution >= 0.6 is 0 Å². The zero-order valence-corrected chi connectivity index (χ0v) is 16.7. The van der Waals surface area contributed by atoms with Gasteiger partial charge in [0.2, 0.25) is 0 Å². The van der Waals surface area contributed by atoms with Crippen molar-refractivity contribution >= 4 is 11.7 Å². The Kier molecular flexibility index (Phi) is 6.00. The Balaban J connectivity index is 1.29. The number of carbonyl (C=O) groups excluding carboxylic acids is 1. The fraction of sp³-hybridized carbons (Fsp3) is 0.417. The van der Waals surface area contributed by atoms with Crippen molar-refractivity contribution in [1.82, 2.24) is 10.6 Å². The third-order valence-corrected chi connectivity index (χ3v) is 6.26. The molecular weight excluding hydrogens is 360 g/mol. The largest absolute Gasteiger partial charge is 0.371 e. The zero-order valence-electron chi connectivity index (χ0n) is 16.7. The molecule has 2 N–H and O–H groups in total. The molecule has 2 aliphatic rings. The summed E-state index contributed by atoms with van der Waals surface area (Å²) in [5, 5.41) is 15.4. The number of rotatable bonds is 5. The van der Waals surface area contributed by atoms with Crippen LogP contribution in [0.15, 0.2) is 54.6 Å². The lowest BCUT2D eigenvalue weighted by Gasteiger charge is -2.36. The second-order valence-corrected chi connectivity index (χ2v) is 8.12. The maximum absolute atomic E-state index is 12.7. The Morgan fingerprint density at radius 3 is 2.28 bits per heavy atom. The monoisotopic (exact) mass is 388 g/mol. The van der Waals surface area contributed by atoms with Crippen molar-refractivity contribution in [3.8, 4) is 6.07 Å². The van der Waals surface area contributed by atoms with Gasteiger partial charge in [0.15, 0.2) is 0 Å². The predicted octanol–water partition coefficient (Wildman–Crippen LogP) is 4.37. The zero-order chi connectivity index (χ0) is 20.1. The minimum atomic E-state index is -0.0532. The van der Waals surface area contributed by atoms with Crippen molar-refractivity contribution in [2.24, 2.45) is 5.92 Å². The number of benzene rings is 2. The van der Waals surface area contributed by atoms with E-state index in [0.29, 0.717) is 11.5 Å². The number of urea groups is 1. The van der Waals surface area contributed by atoms with E-state index in [-0.39, 0.29) is 18.1 Å². The Morgan fingerprint density at radius 2 is 1.69 bits per heavy atom. The first-order chi connectivity index (χ1) is 14.2. The minimum Gasteiger partial charge on any atom is -0.371 e. The number of anilines is 1. The standard InChI is InChI=1S/C24H28N4O/c25-17-18-9-11-22(12-10-18)28-15-13-21(14-16-28)26-24(29)27-23(20-7-4-8-20)19-5-2-1-3-6-19/h1-3,5-6,9-12,20-21,23H,4,7-8,13-16H2,(H2,26,27,29). The van der Waals surface area contributed by atoms with Gasteiger partial charge >= 0.3 is 6.03 Å². The van der Waals surface area contributed by atoms with Crippen LogP contribution in [0.5, 0.6) is 0 Å². The Labute approximate surface area is 172 Å². The molecule has 1 unspecified atom stereocenters. The van der Waals surface area contributed by atoms with Gasteiger partial charge in [-0.05, 0) is 61.4 Å². The van der Waals surface area contributed by atoms with Gasteiger partial charge < -0.3 is 15.5 Å². The van der Waals surface area contributed by atoms with Crippen molar-refractivity contribution in [2.45, 2.75) is 44.2 Å². The molecule has 2 aromatic rings. The molecule has 2 fully saturated rings. The molecule has 0 bridgehead atoms. The van der Waals surface area contributed by atoms with Crippen molar-refractivity contribution in [3.63, 3.8) is 0 Å². The number of nitrogens with zero attached hydrogens (tertiary/aromatic N) is 2. The fourth-order valence-electron chi connectivity index (χ4n) is 4.30. The molecular formula is C24H28N4O. The molecule has 0 aromatic heterocycles. The van der Waals surface area contributed by atoms with E-state index in [9.17, 15) is 4.79 Å². The van der Waals surface area contributed by atoms with Crippen molar-refractivity contribution in [3.05, 3.63) is 65.7 Å². The molecule has 29 heavy (non-hydrogen) atoms. The Morgan fingerprint density at radius 1 is 1.00 bits per heavy atom. The van der Waals surface area contributed by atoms with Gasteiger partial charge in [-0.2, -0.15) is 5.26 Å². The Bertz CT molecular complexity index is 847. The van der Waals surface area contributed by atoms with Gasteiger partial charge in [-0.1, -0.05) is 36.8 Å². The van der Waals surface area contributed by atoms with E-state index >= 15 is 0 Å². The Hall–Kier alpha value is -3.00. The topological polar surface area (TPSA) is 68.2 Å². The van der Waals surface area contributed by atoms with Crippen molar-refractivity contribution < 1.29 is 4.79 Å². The van der Waals surface area contributed by atoms with Crippen LogP contribution in [0.3, 0.4) is 0 Å². The summed E-state index contributed by atoms with van der Waals surface area (Å²) in [6.07, 6.45) is 5.47. The first-order valence-corrected chi connectivity index (χ1v) is 10.6. The number of nitrogens with one attached hydrogen (secondary N) is 2. The van der Waals surface area contributed by atoms with Crippen LogP contribution in [0, 0.1) is 17.2 Å². The molecule has 5 nitrogen and oxygen atoms in total. The van der Waals surface area contributed by atoms with E-state index in [1.54, 1.807) is 0 Å². The maximum atomic E-state index is 12.7. The van der Waals surface area contributed by atoms with Crippen LogP contribution < -0.4 is 15.5 Å². The average Bonchev–Trinajstić information content (AvgIpc) is 2.73. The van der Waals surface area contributed by atoms with E-state index in [1.165, 1.54) is 24.8 Å². The van der Waals surface area contributed by atoms with Gasteiger partial charge in [-0.3, -0.25) is 0 Å². The highest BCUT2D eigenvalue weighted by Gasteiger charge is 2.30. The second kappa shape index (κ2) is 9.00. The first kappa shape index (κ1) is 19.3. The van der Waals surface area contributed by atoms with Crippen LogP contribution in [0.2, 0.25) is 0 Å². The van der Waals surface area contributed by atoms with Crippen LogP contribution in [0.1, 0.15) is 49.3 Å². The number of amides is 2. The summed E-state index contributed by atoms with van der Waals surface area (Å²) in [5.74, 6) is 0.543. The lowest BCUT2D eigenvalue weighted by molar-refractivity contribution is 0.203. The van der Waals surface area contributed by atoms with Gasteiger partial charge in [0.05, 0.1) is 17.7 Å². The lowest BCUT2D eigenvalue weighted by atomic mass is 9.77. The van der Waals surface area contributed by atoms with Crippen molar-refractivity contribution in [2.75, 3.05) is 18.0 Å². The highest BCUT2D eigenvalue weighted by Crippen LogP contribution is 2.37. The van der Waals surface area contributed by atoms with Gasteiger partial charge in [-0.15, -0.1) is 0 Å². The summed E-state index contributed by atoms with van der Waals surface area (Å²) in [4.78, 5) is 15.0. The summed E-state index contributed by atoms with van der Waals surface area (Å²) in [6.45, 7) is 1.81. The number of nitriles is 1. The van der Waals surface area contributed by atoms with Crippen LogP contribution in [0.4, 0.5) is 10.5 Å². The van der Waals surface area contributed by atoms with Crippen molar-refractivity contribution in [1.29, 1.82) is 5.26 Å². The summed E-state index contributed by atoms with van der Waals surface area (Å²) in [7, 11) is 0. The number of hydrogen-bond donors (Lipinski definition) is 2. The highest BCUT2D eigenvalue weighted by atomic mass is 16.2.